The van der Waals surface area contributed by atoms with Crippen molar-refractivity contribution in [1.82, 2.24) is 102 Å². The zero-order chi connectivity index (χ0) is 107. The molecule has 8 N–H and O–H groups in total. The zero-order valence-electron chi connectivity index (χ0n) is 83.3. The lowest BCUT2D eigenvalue weighted by molar-refractivity contribution is 0.0680. The van der Waals surface area contributed by atoms with Crippen molar-refractivity contribution in [2.45, 2.75) is 138 Å². The molecule has 1 aliphatic rings. The third-order valence-corrected chi connectivity index (χ3v) is 25.8. The molecule has 42 heteroatoms. The van der Waals surface area contributed by atoms with Gasteiger partial charge in [-0.05, 0) is 166 Å². The van der Waals surface area contributed by atoms with E-state index in [1.54, 1.807) is 134 Å². The van der Waals surface area contributed by atoms with E-state index < -0.39 is 41.8 Å². The van der Waals surface area contributed by atoms with Crippen LogP contribution in [-0.4, -0.2) is 213 Å². The largest absolute Gasteiger partial charge is 0.477 e. The van der Waals surface area contributed by atoms with Crippen LogP contribution in [0, 0.1) is 11.6 Å². The number of benzene rings is 5. The van der Waals surface area contributed by atoms with Crippen molar-refractivity contribution < 1.29 is 83.2 Å². The number of aliphatic hydroxyl groups is 1. The number of aliphatic hydroxyl groups excluding tert-OH is 1. The molecule has 150 heavy (non-hydrogen) atoms. The number of rotatable bonds is 24. The van der Waals surface area contributed by atoms with Gasteiger partial charge in [-0.1, -0.05) is 152 Å². The molecule has 15 heterocycles. The molecule has 0 amide bonds. The Hall–Kier alpha value is -17.9. The van der Waals surface area contributed by atoms with Crippen LogP contribution in [0.4, 0.5) is 20.2 Å². The van der Waals surface area contributed by atoms with Crippen LogP contribution in [0.2, 0.25) is 5.02 Å². The summed E-state index contributed by atoms with van der Waals surface area (Å²) in [6.07, 6.45) is 10.8. The standard InChI is InChI=1S/C17H17FN4O2.C17H18N4O2.C16H15N3O3.C15H12ClN3O2.C15H12FN3O2.C15H19N3O2.C13H11N3O2S/c1-4-10-8-15(17(23)24)19-16-9-14(20-22(10)16)12-6-5-11(21(2)3)7-13(12)18;1-4-12-9-15(17(22)23)18-16-10-14(19-21(12)16)11-5-7-13(8-6-11)20(2)3;1-2-12-7-14(16(21)22)17-15-8-13(18-19(12)15)11-5-3-10(9-20)4-6-11;2*1-2-9-7-13(15(20)21)17-14-8-12(18-19(9)14)10-5-3-4-6-11(10)16;1-2-11-8-13(15(19)20)16-14-9-12(17-18(11)14)10-6-4-3-5-7-10;1-2-8-6-10(13(17)18)14-12-7-9(15-16(8)12)11-4-3-5-19-11/h5-9H,4H2,1-3H3,(H,23,24);5-10H,4H2,1-3H3,(H,22,23);3-8,20H,2,9H2,1H3,(H,21,22);2*3-8H,2H2,1H3,(H,20,21);8-10H,2-7H2,1H3,(H,19,20);3-7H,2H2,1H3,(H,17,18). The van der Waals surface area contributed by atoms with Crippen LogP contribution in [0.3, 0.4) is 0 Å². The predicted molar refractivity (Wildman–Crippen MR) is 561 cm³/mol. The highest BCUT2D eigenvalue weighted by molar-refractivity contribution is 7.13. The molecule has 0 bridgehead atoms. The van der Waals surface area contributed by atoms with E-state index in [2.05, 4.69) is 70.6 Å². The van der Waals surface area contributed by atoms with Crippen molar-refractivity contribution in [3.05, 3.63) is 325 Å². The first-order chi connectivity index (χ1) is 72.1. The number of anilines is 2. The van der Waals surface area contributed by atoms with E-state index in [9.17, 15) is 47.4 Å². The number of thiophene rings is 1. The summed E-state index contributed by atoms with van der Waals surface area (Å²) in [6.45, 7) is 13.6. The average Bonchev–Trinajstić information content (AvgIpc) is 1.67. The number of nitrogens with zero attached hydrogens (tertiary/aromatic N) is 23. The van der Waals surface area contributed by atoms with Gasteiger partial charge in [-0.25, -0.2) is 109 Å². The zero-order valence-corrected chi connectivity index (χ0v) is 84.9. The lowest BCUT2D eigenvalue weighted by Crippen LogP contribution is -2.08. The van der Waals surface area contributed by atoms with Crippen LogP contribution >= 0.6 is 22.9 Å². The summed E-state index contributed by atoms with van der Waals surface area (Å²) in [5.41, 5.74) is 20.2. The minimum Gasteiger partial charge on any atom is -0.477 e. The first-order valence-electron chi connectivity index (χ1n) is 48.0. The maximum absolute atomic E-state index is 14.4. The summed E-state index contributed by atoms with van der Waals surface area (Å²) in [5, 5.41) is 107. The highest BCUT2D eigenvalue weighted by Gasteiger charge is 2.26. The molecule has 21 rings (SSSR count). The van der Waals surface area contributed by atoms with Crippen molar-refractivity contribution >= 4 is 116 Å². The molecular weight excluding hydrogens is 1960 g/mol. The lowest BCUT2D eigenvalue weighted by Gasteiger charge is -2.19. The van der Waals surface area contributed by atoms with Gasteiger partial charge >= 0.3 is 41.8 Å². The Morgan fingerprint density at radius 2 is 0.627 bits per heavy atom. The number of aromatic carboxylic acids is 7. The molecule has 0 aliphatic heterocycles. The summed E-state index contributed by atoms with van der Waals surface area (Å²) in [7, 11) is 7.66. The second-order valence-electron chi connectivity index (χ2n) is 34.8. The number of carboxylic acid groups (broad SMARTS) is 7. The number of carbonyl (C=O) groups is 7. The number of halogens is 3. The van der Waals surface area contributed by atoms with Gasteiger partial charge in [0.1, 0.15) is 17.3 Å². The fourth-order valence-corrected chi connectivity index (χ4v) is 17.6. The molecule has 0 atom stereocenters. The van der Waals surface area contributed by atoms with Crippen LogP contribution in [0.15, 0.2) is 218 Å². The second kappa shape index (κ2) is 47.1. The van der Waals surface area contributed by atoms with Crippen LogP contribution in [0.25, 0.3) is 106 Å². The number of hydrogen-bond acceptors (Lipinski definition) is 25. The number of hydrogen-bond donors (Lipinski definition) is 8. The summed E-state index contributed by atoms with van der Waals surface area (Å²) in [4.78, 5) is 112. The van der Waals surface area contributed by atoms with E-state index in [0.29, 0.717) is 134 Å². The maximum atomic E-state index is 14.4. The van der Waals surface area contributed by atoms with Gasteiger partial charge in [0.2, 0.25) is 0 Å². The van der Waals surface area contributed by atoms with Gasteiger partial charge in [0, 0.05) is 156 Å². The second-order valence-corrected chi connectivity index (χ2v) is 36.2. The minimum atomic E-state index is -1.10. The first-order valence-corrected chi connectivity index (χ1v) is 49.2. The Morgan fingerprint density at radius 1 is 0.327 bits per heavy atom. The molecule has 0 saturated heterocycles. The smallest absolute Gasteiger partial charge is 0.354 e. The molecule has 0 radical (unpaired) electrons. The Morgan fingerprint density at radius 3 is 0.953 bits per heavy atom. The summed E-state index contributed by atoms with van der Waals surface area (Å²) >= 11 is 7.77. The number of carboxylic acids is 7. The molecule has 768 valence electrons. The van der Waals surface area contributed by atoms with Crippen molar-refractivity contribution in [1.29, 1.82) is 0 Å². The molecule has 15 aromatic heterocycles. The molecule has 0 spiro atoms. The minimum absolute atomic E-state index is 0.00500. The molecule has 0 unspecified atom stereocenters. The van der Waals surface area contributed by atoms with Crippen LogP contribution < -0.4 is 9.80 Å². The summed E-state index contributed by atoms with van der Waals surface area (Å²) in [5.74, 6) is -7.59. The Kier molecular flexibility index (Phi) is 33.4. The SMILES string of the molecule is CCc1cc(C(=O)O)nc2cc(-c3ccc(CO)cc3)nn12.CCc1cc(C(=O)O)nc2cc(-c3ccc(N(C)C)cc3)nn12.CCc1cc(C(=O)O)nc2cc(-c3ccc(N(C)C)cc3F)nn12.CCc1cc(C(=O)O)nc2cc(-c3ccccc3Cl)nn12.CCc1cc(C(=O)O)nc2cc(-c3ccccc3F)nn12.CCc1cc(C(=O)O)nc2cc(-c3cccs3)nn12.CCc1cc(C(=O)O)nc2cc(C3CCCCC3)nn12. The van der Waals surface area contributed by atoms with E-state index in [1.165, 1.54) is 56.4 Å². The fourth-order valence-electron chi connectivity index (χ4n) is 16.7. The van der Waals surface area contributed by atoms with Gasteiger partial charge < -0.3 is 50.7 Å². The average molecular weight is 2070 g/mol. The number of aromatic nitrogens is 21. The lowest BCUT2D eigenvalue weighted by atomic mass is 9.87. The number of fused-ring (bicyclic) bond motifs is 7. The van der Waals surface area contributed by atoms with E-state index >= 15 is 0 Å². The topological polar surface area (TPSA) is 499 Å². The molecule has 20 aromatic rings. The molecule has 1 saturated carbocycles. The molecule has 38 nitrogen and oxygen atoms in total. The third kappa shape index (κ3) is 24.1. The highest BCUT2D eigenvalue weighted by Crippen LogP contribution is 2.36. The summed E-state index contributed by atoms with van der Waals surface area (Å²) < 4.78 is 39.9. The van der Waals surface area contributed by atoms with Crippen molar-refractivity contribution in [2.75, 3.05) is 38.0 Å². The van der Waals surface area contributed by atoms with Gasteiger partial charge in [-0.3, -0.25) is 0 Å². The Labute approximate surface area is 864 Å². The first kappa shape index (κ1) is 106. The Bertz CT molecular complexity index is 8300. The monoisotopic (exact) mass is 2070 g/mol. The van der Waals surface area contributed by atoms with Crippen LogP contribution in [0.1, 0.15) is 211 Å². The van der Waals surface area contributed by atoms with E-state index in [4.69, 9.17) is 47.3 Å². The number of aryl methyl sites for hydroxylation is 7. The highest BCUT2D eigenvalue weighted by atomic mass is 35.5. The van der Waals surface area contributed by atoms with Gasteiger partial charge in [0.05, 0.1) is 50.7 Å². The van der Waals surface area contributed by atoms with Crippen LogP contribution in [0.5, 0.6) is 0 Å². The van der Waals surface area contributed by atoms with Gasteiger partial charge in [-0.2, -0.15) is 35.7 Å². The van der Waals surface area contributed by atoms with Crippen molar-refractivity contribution in [2.24, 2.45) is 0 Å². The maximum Gasteiger partial charge on any atom is 0.354 e. The summed E-state index contributed by atoms with van der Waals surface area (Å²) in [6, 6.07) is 61.1. The molecular formula is C108H104ClF2N23O15S. The van der Waals surface area contributed by atoms with Gasteiger partial charge in [0.15, 0.2) is 79.4 Å². The van der Waals surface area contributed by atoms with Crippen molar-refractivity contribution in [3.8, 4) is 66.9 Å². The molecule has 5 aromatic carbocycles. The van der Waals surface area contributed by atoms with E-state index in [1.807, 2.05) is 189 Å². The Balaban J connectivity index is 0.000000131. The quantitative estimate of drug-likeness (QED) is 0.0278. The van der Waals surface area contributed by atoms with E-state index in [0.717, 1.165) is 90.5 Å². The molecule has 1 aliphatic carbocycles. The van der Waals surface area contributed by atoms with E-state index in [-0.39, 0.29) is 58.1 Å². The van der Waals surface area contributed by atoms with Gasteiger partial charge in [0.25, 0.3) is 0 Å². The normalized spacial score (nSPS) is 11.7. The molecule has 1 fully saturated rings. The van der Waals surface area contributed by atoms with Gasteiger partial charge in [-0.15, -0.1) is 11.3 Å². The van der Waals surface area contributed by atoms with Crippen molar-refractivity contribution in [3.63, 3.8) is 0 Å². The van der Waals surface area contributed by atoms with Crippen LogP contribution in [-0.2, 0) is 51.6 Å². The fraction of sp³-hybridized carbons (Fsp3) is 0.231. The third-order valence-electron chi connectivity index (χ3n) is 24.5. The predicted octanol–water partition coefficient (Wildman–Crippen LogP) is 19.6.